The van der Waals surface area contributed by atoms with Crippen molar-refractivity contribution >= 4 is 41.2 Å². The van der Waals surface area contributed by atoms with E-state index in [9.17, 15) is 14.4 Å². The molecule has 0 atom stereocenters. The van der Waals surface area contributed by atoms with E-state index < -0.39 is 17.8 Å². The van der Waals surface area contributed by atoms with Crippen LogP contribution in [0.4, 0.5) is 10.5 Å². The Bertz CT molecular complexity index is 1320. The summed E-state index contributed by atoms with van der Waals surface area (Å²) in [7, 11) is 1.45. The summed E-state index contributed by atoms with van der Waals surface area (Å²) in [6.07, 6.45) is 1.35. The highest BCUT2D eigenvalue weighted by atomic mass is 35.5. The lowest BCUT2D eigenvalue weighted by Gasteiger charge is -2.26. The summed E-state index contributed by atoms with van der Waals surface area (Å²) in [5.41, 5.74) is 1.50. The monoisotopic (exact) mass is 506 g/mol. The Morgan fingerprint density at radius 2 is 1.64 bits per heavy atom. The van der Waals surface area contributed by atoms with Gasteiger partial charge in [0.25, 0.3) is 11.8 Å². The predicted molar refractivity (Wildman–Crippen MR) is 136 cm³/mol. The molecule has 0 saturated carbocycles. The molecule has 1 N–H and O–H groups in total. The number of nitrogens with zero attached hydrogens (tertiary/aromatic N) is 1. The second-order valence-electron chi connectivity index (χ2n) is 7.84. The molecule has 1 aliphatic rings. The van der Waals surface area contributed by atoms with Crippen molar-refractivity contribution in [2.75, 3.05) is 25.2 Å². The Morgan fingerprint density at radius 3 is 2.33 bits per heavy atom. The van der Waals surface area contributed by atoms with Crippen LogP contribution in [0.15, 0.2) is 72.3 Å². The van der Waals surface area contributed by atoms with Gasteiger partial charge in [-0.05, 0) is 55.0 Å². The third kappa shape index (κ3) is 5.50. The largest absolute Gasteiger partial charge is 0.493 e. The second kappa shape index (κ2) is 11.0. The van der Waals surface area contributed by atoms with Crippen LogP contribution in [0.2, 0.25) is 5.02 Å². The highest BCUT2D eigenvalue weighted by Crippen LogP contribution is 2.37. The van der Waals surface area contributed by atoms with Gasteiger partial charge in [0.15, 0.2) is 11.5 Å². The number of aryl methyl sites for hydroxylation is 1. The van der Waals surface area contributed by atoms with Gasteiger partial charge in [-0.1, -0.05) is 47.5 Å². The Labute approximate surface area is 213 Å². The number of anilines is 1. The standard InChI is InChI=1S/C27H23ClN2O6/c1-17-8-10-19(11-9-17)30-26(32)21(25(31)29-27(30)33)14-18-15-22(28)24(23(16-18)34-2)36-13-12-35-20-6-4-3-5-7-20/h3-11,14-16H,12-13H2,1-2H3,(H,29,31,33). The van der Waals surface area contributed by atoms with Crippen molar-refractivity contribution in [1.82, 2.24) is 5.32 Å². The zero-order valence-electron chi connectivity index (χ0n) is 19.6. The number of halogens is 1. The van der Waals surface area contributed by atoms with E-state index in [-0.39, 0.29) is 23.8 Å². The van der Waals surface area contributed by atoms with E-state index in [1.165, 1.54) is 19.3 Å². The van der Waals surface area contributed by atoms with Gasteiger partial charge in [-0.2, -0.15) is 0 Å². The maximum atomic E-state index is 13.1. The van der Waals surface area contributed by atoms with Crippen molar-refractivity contribution in [3.8, 4) is 17.2 Å². The summed E-state index contributed by atoms with van der Waals surface area (Å²) >= 11 is 6.44. The average molecular weight is 507 g/mol. The number of nitrogens with one attached hydrogen (secondary N) is 1. The second-order valence-corrected chi connectivity index (χ2v) is 8.24. The summed E-state index contributed by atoms with van der Waals surface area (Å²) in [6.45, 7) is 2.38. The molecule has 0 aliphatic carbocycles. The Hall–Kier alpha value is -4.30. The van der Waals surface area contributed by atoms with E-state index in [0.717, 1.165) is 16.2 Å². The van der Waals surface area contributed by atoms with Crippen molar-refractivity contribution in [1.29, 1.82) is 0 Å². The molecule has 184 valence electrons. The summed E-state index contributed by atoms with van der Waals surface area (Å²) in [5, 5.41) is 2.42. The van der Waals surface area contributed by atoms with E-state index in [1.54, 1.807) is 30.3 Å². The molecule has 1 aliphatic heterocycles. The van der Waals surface area contributed by atoms with Crippen molar-refractivity contribution in [3.63, 3.8) is 0 Å². The number of amides is 4. The van der Waals surface area contributed by atoms with Gasteiger partial charge >= 0.3 is 6.03 Å². The number of barbiturate groups is 1. The molecule has 0 bridgehead atoms. The molecule has 1 saturated heterocycles. The van der Waals surface area contributed by atoms with Crippen LogP contribution in [-0.4, -0.2) is 38.2 Å². The van der Waals surface area contributed by atoms with Crippen molar-refractivity contribution in [2.45, 2.75) is 6.92 Å². The smallest absolute Gasteiger partial charge is 0.335 e. The van der Waals surface area contributed by atoms with Gasteiger partial charge < -0.3 is 14.2 Å². The maximum Gasteiger partial charge on any atom is 0.335 e. The number of carbonyl (C=O) groups excluding carboxylic acids is 3. The molecule has 1 heterocycles. The van der Waals surface area contributed by atoms with E-state index >= 15 is 0 Å². The number of methoxy groups -OCH3 is 1. The topological polar surface area (TPSA) is 94.2 Å². The molecule has 36 heavy (non-hydrogen) atoms. The quantitative estimate of drug-likeness (QED) is 0.268. The zero-order chi connectivity index (χ0) is 25.7. The summed E-state index contributed by atoms with van der Waals surface area (Å²) in [4.78, 5) is 38.9. The minimum Gasteiger partial charge on any atom is -0.493 e. The molecule has 3 aromatic rings. The molecule has 0 radical (unpaired) electrons. The Kier molecular flexibility index (Phi) is 7.56. The van der Waals surface area contributed by atoms with Crippen LogP contribution in [0.25, 0.3) is 6.08 Å². The highest BCUT2D eigenvalue weighted by molar-refractivity contribution is 6.39. The molecule has 9 heteroatoms. The van der Waals surface area contributed by atoms with Crippen LogP contribution in [0.1, 0.15) is 11.1 Å². The number of hydrogen-bond acceptors (Lipinski definition) is 6. The van der Waals surface area contributed by atoms with E-state index in [0.29, 0.717) is 22.7 Å². The van der Waals surface area contributed by atoms with E-state index in [4.69, 9.17) is 25.8 Å². The third-order valence-electron chi connectivity index (χ3n) is 5.30. The maximum absolute atomic E-state index is 13.1. The number of rotatable bonds is 8. The first-order valence-corrected chi connectivity index (χ1v) is 11.4. The number of benzene rings is 3. The molecule has 0 unspecified atom stereocenters. The lowest BCUT2D eigenvalue weighted by atomic mass is 10.1. The van der Waals surface area contributed by atoms with Crippen LogP contribution in [0, 0.1) is 6.92 Å². The van der Waals surface area contributed by atoms with Gasteiger partial charge in [0.05, 0.1) is 17.8 Å². The van der Waals surface area contributed by atoms with Crippen LogP contribution in [-0.2, 0) is 9.59 Å². The van der Waals surface area contributed by atoms with Crippen LogP contribution >= 0.6 is 11.6 Å². The highest BCUT2D eigenvalue weighted by Gasteiger charge is 2.36. The van der Waals surface area contributed by atoms with Crippen molar-refractivity contribution < 1.29 is 28.6 Å². The minimum atomic E-state index is -0.817. The zero-order valence-corrected chi connectivity index (χ0v) is 20.4. The number of urea groups is 1. The molecular formula is C27H23ClN2O6. The third-order valence-corrected chi connectivity index (χ3v) is 5.58. The van der Waals surface area contributed by atoms with Crippen LogP contribution < -0.4 is 24.4 Å². The number of carbonyl (C=O) groups is 3. The molecule has 4 amide bonds. The normalized spacial score (nSPS) is 14.6. The summed E-state index contributed by atoms with van der Waals surface area (Å²) < 4.78 is 16.8. The van der Waals surface area contributed by atoms with Crippen molar-refractivity contribution in [3.05, 3.63) is 88.5 Å². The first-order valence-electron chi connectivity index (χ1n) is 11.0. The number of para-hydroxylation sites is 1. The number of imide groups is 2. The summed E-state index contributed by atoms with van der Waals surface area (Å²) in [6, 6.07) is 18.4. The molecule has 0 spiro atoms. The van der Waals surface area contributed by atoms with Gasteiger partial charge in [-0.15, -0.1) is 0 Å². The summed E-state index contributed by atoms with van der Waals surface area (Å²) in [5.74, 6) is -0.226. The first kappa shape index (κ1) is 24.8. The number of ether oxygens (including phenoxy) is 3. The molecule has 0 aromatic heterocycles. The Balaban J connectivity index is 1.54. The average Bonchev–Trinajstić information content (AvgIpc) is 2.86. The molecular weight excluding hydrogens is 484 g/mol. The van der Waals surface area contributed by atoms with Gasteiger partial charge in [-0.25, -0.2) is 9.69 Å². The van der Waals surface area contributed by atoms with Gasteiger partial charge in [0.2, 0.25) is 0 Å². The molecule has 4 rings (SSSR count). The molecule has 1 fully saturated rings. The van der Waals surface area contributed by atoms with E-state index in [1.807, 2.05) is 37.3 Å². The van der Waals surface area contributed by atoms with Crippen molar-refractivity contribution in [2.24, 2.45) is 0 Å². The Morgan fingerprint density at radius 1 is 0.944 bits per heavy atom. The fraction of sp³-hybridized carbons (Fsp3) is 0.148. The fourth-order valence-electron chi connectivity index (χ4n) is 3.54. The number of hydrogen-bond donors (Lipinski definition) is 1. The first-order chi connectivity index (χ1) is 17.4. The minimum absolute atomic E-state index is 0.208. The van der Waals surface area contributed by atoms with Crippen LogP contribution in [0.5, 0.6) is 17.2 Å². The lowest BCUT2D eigenvalue weighted by Crippen LogP contribution is -2.54. The van der Waals surface area contributed by atoms with E-state index in [2.05, 4.69) is 5.32 Å². The molecule has 3 aromatic carbocycles. The fourth-order valence-corrected chi connectivity index (χ4v) is 3.81. The van der Waals surface area contributed by atoms with Gasteiger partial charge in [0, 0.05) is 0 Å². The SMILES string of the molecule is COc1cc(C=C2C(=O)NC(=O)N(c3ccc(C)cc3)C2=O)cc(Cl)c1OCCOc1ccccc1. The van der Waals surface area contributed by atoms with Gasteiger partial charge in [-0.3, -0.25) is 14.9 Å². The van der Waals surface area contributed by atoms with Crippen LogP contribution in [0.3, 0.4) is 0 Å². The predicted octanol–water partition coefficient (Wildman–Crippen LogP) is 4.78. The lowest BCUT2D eigenvalue weighted by molar-refractivity contribution is -0.122. The van der Waals surface area contributed by atoms with Gasteiger partial charge in [0.1, 0.15) is 24.5 Å². The molecule has 8 nitrogen and oxygen atoms in total.